The maximum Gasteiger partial charge on any atom is 0.00699 e. The third-order valence-electron chi connectivity index (χ3n) is 4.44. The maximum absolute atomic E-state index is 3.76. The van der Waals surface area contributed by atoms with Crippen LogP contribution < -0.4 is 5.32 Å². The molecule has 0 aromatic heterocycles. The highest BCUT2D eigenvalue weighted by Gasteiger charge is 2.18. The Morgan fingerprint density at radius 3 is 2.65 bits per heavy atom. The first kappa shape index (κ1) is 13.7. The van der Waals surface area contributed by atoms with E-state index in [1.165, 1.54) is 69.4 Å². The molecule has 2 aliphatic rings. The Hall–Kier alpha value is 0.310. The van der Waals surface area contributed by atoms with Crippen LogP contribution in [-0.4, -0.2) is 24.1 Å². The second-order valence-corrected chi connectivity index (χ2v) is 7.30. The highest BCUT2D eigenvalue weighted by Crippen LogP contribution is 2.27. The van der Waals surface area contributed by atoms with Crippen molar-refractivity contribution in [1.82, 2.24) is 5.32 Å². The van der Waals surface area contributed by atoms with Crippen molar-refractivity contribution < 1.29 is 0 Å². The van der Waals surface area contributed by atoms with E-state index in [-0.39, 0.29) is 0 Å². The molecule has 2 saturated carbocycles. The van der Waals surface area contributed by atoms with E-state index in [0.29, 0.717) is 0 Å². The summed E-state index contributed by atoms with van der Waals surface area (Å²) in [4.78, 5) is 0. The molecule has 0 heterocycles. The van der Waals surface area contributed by atoms with Crippen molar-refractivity contribution in [2.75, 3.05) is 18.1 Å². The summed E-state index contributed by atoms with van der Waals surface area (Å²) in [6.45, 7) is 3.64. The average molecular weight is 255 g/mol. The summed E-state index contributed by atoms with van der Waals surface area (Å²) in [5.74, 6) is 4.74. The molecule has 2 heteroatoms. The van der Waals surface area contributed by atoms with Gasteiger partial charge in [-0.05, 0) is 43.3 Å². The fourth-order valence-electron chi connectivity index (χ4n) is 3.38. The minimum atomic E-state index is 0.825. The molecule has 2 aliphatic carbocycles. The average Bonchev–Trinajstić information content (AvgIpc) is 2.82. The van der Waals surface area contributed by atoms with E-state index < -0.39 is 0 Å². The van der Waals surface area contributed by atoms with Gasteiger partial charge < -0.3 is 5.32 Å². The third kappa shape index (κ3) is 5.21. The van der Waals surface area contributed by atoms with Crippen molar-refractivity contribution in [1.29, 1.82) is 0 Å². The fraction of sp³-hybridized carbons (Fsp3) is 1.00. The molecule has 0 spiro atoms. The van der Waals surface area contributed by atoms with E-state index in [4.69, 9.17) is 0 Å². The molecule has 100 valence electrons. The SMILES string of the molecule is CC1CCCC(NCCSCC2CCCC2)C1. The van der Waals surface area contributed by atoms with Crippen molar-refractivity contribution in [2.24, 2.45) is 11.8 Å². The Morgan fingerprint density at radius 2 is 1.88 bits per heavy atom. The molecule has 2 rings (SSSR count). The lowest BCUT2D eigenvalue weighted by Crippen LogP contribution is -2.34. The summed E-state index contributed by atoms with van der Waals surface area (Å²) >= 11 is 2.18. The Bertz CT molecular complexity index is 201. The van der Waals surface area contributed by atoms with E-state index in [2.05, 4.69) is 24.0 Å². The normalized spacial score (nSPS) is 30.9. The lowest BCUT2D eigenvalue weighted by Gasteiger charge is -2.27. The van der Waals surface area contributed by atoms with Crippen LogP contribution in [0.5, 0.6) is 0 Å². The Morgan fingerprint density at radius 1 is 1.06 bits per heavy atom. The topological polar surface area (TPSA) is 12.0 Å². The van der Waals surface area contributed by atoms with Crippen LogP contribution in [0.25, 0.3) is 0 Å². The van der Waals surface area contributed by atoms with E-state index in [0.717, 1.165) is 17.9 Å². The quantitative estimate of drug-likeness (QED) is 0.718. The van der Waals surface area contributed by atoms with Crippen molar-refractivity contribution >= 4 is 11.8 Å². The smallest absolute Gasteiger partial charge is 0.00699 e. The van der Waals surface area contributed by atoms with E-state index in [1.807, 2.05) is 0 Å². The highest BCUT2D eigenvalue weighted by atomic mass is 32.2. The maximum atomic E-state index is 3.76. The molecule has 0 saturated heterocycles. The van der Waals surface area contributed by atoms with E-state index in [9.17, 15) is 0 Å². The number of rotatable bonds is 6. The van der Waals surface area contributed by atoms with Gasteiger partial charge in [-0.25, -0.2) is 0 Å². The van der Waals surface area contributed by atoms with Crippen LogP contribution in [0.3, 0.4) is 0 Å². The molecule has 17 heavy (non-hydrogen) atoms. The first-order valence-electron chi connectivity index (χ1n) is 7.65. The number of hydrogen-bond donors (Lipinski definition) is 1. The zero-order chi connectivity index (χ0) is 11.9. The summed E-state index contributed by atoms with van der Waals surface area (Å²) < 4.78 is 0. The number of nitrogens with one attached hydrogen (secondary N) is 1. The predicted octanol–water partition coefficient (Wildman–Crippen LogP) is 4.08. The van der Waals surface area contributed by atoms with Gasteiger partial charge in [0, 0.05) is 18.3 Å². The molecular weight excluding hydrogens is 226 g/mol. The predicted molar refractivity (Wildman–Crippen MR) is 78.7 cm³/mol. The van der Waals surface area contributed by atoms with Crippen LogP contribution in [0.2, 0.25) is 0 Å². The molecule has 0 radical (unpaired) electrons. The Kier molecular flexibility index (Phi) is 6.21. The molecular formula is C15H29NS. The summed E-state index contributed by atoms with van der Waals surface area (Å²) in [7, 11) is 0. The van der Waals surface area contributed by atoms with Gasteiger partial charge in [-0.1, -0.05) is 32.6 Å². The first-order chi connectivity index (χ1) is 8.34. The monoisotopic (exact) mass is 255 g/mol. The third-order valence-corrected chi connectivity index (χ3v) is 5.64. The minimum absolute atomic E-state index is 0.825. The van der Waals surface area contributed by atoms with Gasteiger partial charge in [0.2, 0.25) is 0 Å². The molecule has 0 amide bonds. The van der Waals surface area contributed by atoms with Crippen molar-refractivity contribution in [3.63, 3.8) is 0 Å². The molecule has 2 unspecified atom stereocenters. The molecule has 0 aromatic rings. The zero-order valence-electron chi connectivity index (χ0n) is 11.4. The van der Waals surface area contributed by atoms with Gasteiger partial charge in [0.1, 0.15) is 0 Å². The lowest BCUT2D eigenvalue weighted by atomic mass is 9.87. The van der Waals surface area contributed by atoms with Gasteiger partial charge in [-0.2, -0.15) is 11.8 Å². The highest BCUT2D eigenvalue weighted by molar-refractivity contribution is 7.99. The number of thioether (sulfide) groups is 1. The van der Waals surface area contributed by atoms with Crippen LogP contribution in [0.15, 0.2) is 0 Å². The van der Waals surface area contributed by atoms with Gasteiger partial charge in [0.25, 0.3) is 0 Å². The van der Waals surface area contributed by atoms with Crippen LogP contribution in [0, 0.1) is 11.8 Å². The molecule has 1 nitrogen and oxygen atoms in total. The minimum Gasteiger partial charge on any atom is -0.313 e. The molecule has 0 bridgehead atoms. The van der Waals surface area contributed by atoms with Crippen LogP contribution in [0.1, 0.15) is 58.3 Å². The van der Waals surface area contributed by atoms with Crippen molar-refractivity contribution in [3.05, 3.63) is 0 Å². The van der Waals surface area contributed by atoms with Crippen molar-refractivity contribution in [3.8, 4) is 0 Å². The fourth-order valence-corrected chi connectivity index (χ4v) is 4.48. The second-order valence-electron chi connectivity index (χ2n) is 6.15. The summed E-state index contributed by atoms with van der Waals surface area (Å²) in [5, 5.41) is 3.76. The second kappa shape index (κ2) is 7.68. The largest absolute Gasteiger partial charge is 0.313 e. The first-order valence-corrected chi connectivity index (χ1v) is 8.81. The van der Waals surface area contributed by atoms with Crippen molar-refractivity contribution in [2.45, 2.75) is 64.3 Å². The number of hydrogen-bond acceptors (Lipinski definition) is 2. The molecule has 0 aromatic carbocycles. The van der Waals surface area contributed by atoms with Gasteiger partial charge >= 0.3 is 0 Å². The lowest BCUT2D eigenvalue weighted by molar-refractivity contribution is 0.306. The van der Waals surface area contributed by atoms with Gasteiger partial charge in [0.15, 0.2) is 0 Å². The van der Waals surface area contributed by atoms with E-state index in [1.54, 1.807) is 0 Å². The van der Waals surface area contributed by atoms with Gasteiger partial charge in [-0.3, -0.25) is 0 Å². The molecule has 1 N–H and O–H groups in total. The van der Waals surface area contributed by atoms with Crippen LogP contribution in [0.4, 0.5) is 0 Å². The Labute approximate surface area is 112 Å². The van der Waals surface area contributed by atoms with Gasteiger partial charge in [-0.15, -0.1) is 0 Å². The molecule has 0 aliphatic heterocycles. The standard InChI is InChI=1S/C15H29NS/c1-13-5-4-8-15(11-13)16-9-10-17-12-14-6-2-3-7-14/h13-16H,2-12H2,1H3. The molecule has 2 fully saturated rings. The van der Waals surface area contributed by atoms with Gasteiger partial charge in [0.05, 0.1) is 0 Å². The summed E-state index contributed by atoms with van der Waals surface area (Å²) in [6, 6.07) is 0.825. The Balaban J connectivity index is 1.45. The van der Waals surface area contributed by atoms with E-state index >= 15 is 0 Å². The molecule has 2 atom stereocenters. The summed E-state index contributed by atoms with van der Waals surface area (Å²) in [5.41, 5.74) is 0. The summed E-state index contributed by atoms with van der Waals surface area (Å²) in [6.07, 6.45) is 11.7. The zero-order valence-corrected chi connectivity index (χ0v) is 12.2. The van der Waals surface area contributed by atoms with Crippen LogP contribution >= 0.6 is 11.8 Å². The van der Waals surface area contributed by atoms with Crippen LogP contribution in [-0.2, 0) is 0 Å².